The van der Waals surface area contributed by atoms with Gasteiger partial charge in [-0.15, -0.1) is 0 Å². The Morgan fingerprint density at radius 3 is 2.41 bits per heavy atom. The summed E-state index contributed by atoms with van der Waals surface area (Å²) in [6.45, 7) is 4.10. The number of hydrogen-bond donors (Lipinski definition) is 0. The summed E-state index contributed by atoms with van der Waals surface area (Å²) in [5, 5.41) is 9.15. The molecule has 0 aliphatic heterocycles. The van der Waals surface area contributed by atoms with Crippen LogP contribution in [0.1, 0.15) is 52.4 Å². The molecule has 0 atom stereocenters. The predicted octanol–water partition coefficient (Wildman–Crippen LogP) is 3.36. The molecule has 0 aromatic heterocycles. The Kier molecular flexibility index (Phi) is 5.76. The second kappa shape index (κ2) is 7.11. The Hall–Kier alpha value is -1.30. The molecule has 0 saturated heterocycles. The minimum absolute atomic E-state index is 0.251. The largest absolute Gasteiger partial charge is 0.462 e. The molecule has 0 radical (unpaired) electrons. The molecule has 94 valence electrons. The van der Waals surface area contributed by atoms with E-state index in [2.05, 4.69) is 0 Å². The average molecular weight is 235 g/mol. The average Bonchev–Trinajstić information content (AvgIpc) is 2.37. The van der Waals surface area contributed by atoms with E-state index < -0.39 is 5.97 Å². The molecule has 0 N–H and O–H groups in total. The minimum Gasteiger partial charge on any atom is -0.462 e. The summed E-state index contributed by atoms with van der Waals surface area (Å²) in [6.07, 6.45) is 6.66. The molecule has 17 heavy (non-hydrogen) atoms. The first-order valence-corrected chi connectivity index (χ1v) is 6.54. The van der Waals surface area contributed by atoms with Crippen molar-refractivity contribution in [2.45, 2.75) is 52.4 Å². The van der Waals surface area contributed by atoms with Gasteiger partial charge in [0, 0.05) is 0 Å². The van der Waals surface area contributed by atoms with Gasteiger partial charge in [-0.25, -0.2) is 4.79 Å². The molecule has 0 spiro atoms. The highest BCUT2D eigenvalue weighted by Gasteiger charge is 2.23. The molecule has 0 bridgehead atoms. The summed E-state index contributed by atoms with van der Waals surface area (Å²) in [5.74, 6) is -0.0368. The predicted molar refractivity (Wildman–Crippen MR) is 66.1 cm³/mol. The van der Waals surface area contributed by atoms with Crippen LogP contribution >= 0.6 is 0 Å². The Bertz CT molecular complexity index is 333. The lowest BCUT2D eigenvalue weighted by molar-refractivity contribution is -0.138. The molecular formula is C14H21NO2. The van der Waals surface area contributed by atoms with Gasteiger partial charge in [0.25, 0.3) is 0 Å². The summed E-state index contributed by atoms with van der Waals surface area (Å²) >= 11 is 0. The smallest absolute Gasteiger partial charge is 0.348 e. The number of nitriles is 1. The number of ether oxygens (including phenoxy) is 1. The molecule has 1 rings (SSSR count). The molecule has 1 aliphatic rings. The number of hydrogen-bond acceptors (Lipinski definition) is 3. The van der Waals surface area contributed by atoms with E-state index >= 15 is 0 Å². The third-order valence-corrected chi connectivity index (χ3v) is 3.39. The van der Waals surface area contributed by atoms with E-state index in [4.69, 9.17) is 10.00 Å². The van der Waals surface area contributed by atoms with Gasteiger partial charge in [-0.3, -0.25) is 0 Å². The fraction of sp³-hybridized carbons (Fsp3) is 0.714. The Labute approximate surface area is 103 Å². The van der Waals surface area contributed by atoms with E-state index in [1.807, 2.05) is 13.0 Å². The van der Waals surface area contributed by atoms with Crippen molar-refractivity contribution in [2.24, 2.45) is 5.92 Å². The monoisotopic (exact) mass is 235 g/mol. The lowest BCUT2D eigenvalue weighted by Crippen LogP contribution is -2.16. The van der Waals surface area contributed by atoms with Gasteiger partial charge in [-0.1, -0.05) is 26.2 Å². The Morgan fingerprint density at radius 1 is 1.29 bits per heavy atom. The van der Waals surface area contributed by atoms with Gasteiger partial charge in [0.05, 0.1) is 6.61 Å². The number of allylic oxidation sites excluding steroid dienone is 1. The van der Waals surface area contributed by atoms with Crippen LogP contribution in [0.3, 0.4) is 0 Å². The van der Waals surface area contributed by atoms with Crippen LogP contribution in [0.15, 0.2) is 11.1 Å². The fourth-order valence-corrected chi connectivity index (χ4v) is 2.57. The van der Waals surface area contributed by atoms with Crippen LogP contribution in [-0.4, -0.2) is 12.6 Å². The van der Waals surface area contributed by atoms with Crippen LogP contribution < -0.4 is 0 Å². The molecule has 1 aliphatic carbocycles. The third-order valence-electron chi connectivity index (χ3n) is 3.39. The summed E-state index contributed by atoms with van der Waals surface area (Å²) in [7, 11) is 0. The van der Waals surface area contributed by atoms with Crippen molar-refractivity contribution in [1.29, 1.82) is 5.26 Å². The normalized spacial score (nSPS) is 18.2. The topological polar surface area (TPSA) is 50.1 Å². The van der Waals surface area contributed by atoms with Gasteiger partial charge in [0.15, 0.2) is 0 Å². The van der Waals surface area contributed by atoms with E-state index in [9.17, 15) is 4.79 Å². The Balaban J connectivity index is 2.92. The lowest BCUT2D eigenvalue weighted by Gasteiger charge is -2.24. The van der Waals surface area contributed by atoms with Gasteiger partial charge >= 0.3 is 5.97 Å². The molecule has 3 heteroatoms. The number of carbonyl (C=O) groups is 1. The lowest BCUT2D eigenvalue weighted by atomic mass is 9.81. The standard InChI is InChI=1S/C14H21NO2/c1-3-12(11-8-6-5-7-9-11)13(10-15)14(16)17-4-2/h11H,3-9H2,1-2H3/b13-12-. The van der Waals surface area contributed by atoms with Crippen LogP contribution in [0.4, 0.5) is 0 Å². The maximum Gasteiger partial charge on any atom is 0.348 e. The second-order valence-electron chi connectivity index (χ2n) is 4.42. The molecule has 1 fully saturated rings. The molecule has 0 aromatic carbocycles. The van der Waals surface area contributed by atoms with Gasteiger partial charge in [0.1, 0.15) is 11.6 Å². The molecule has 0 aromatic rings. The van der Waals surface area contributed by atoms with Crippen molar-refractivity contribution in [1.82, 2.24) is 0 Å². The Morgan fingerprint density at radius 2 is 1.94 bits per heavy atom. The van der Waals surface area contributed by atoms with Crippen LogP contribution in [0, 0.1) is 17.2 Å². The van der Waals surface area contributed by atoms with E-state index in [0.717, 1.165) is 24.8 Å². The summed E-state index contributed by atoms with van der Waals surface area (Å²) in [5.41, 5.74) is 1.26. The second-order valence-corrected chi connectivity index (χ2v) is 4.42. The number of carbonyl (C=O) groups excluding carboxylic acids is 1. The van der Waals surface area contributed by atoms with Crippen molar-refractivity contribution in [3.8, 4) is 6.07 Å². The quantitative estimate of drug-likeness (QED) is 0.426. The van der Waals surface area contributed by atoms with E-state index in [1.54, 1.807) is 6.92 Å². The van der Waals surface area contributed by atoms with Crippen molar-refractivity contribution >= 4 is 5.97 Å². The summed E-state index contributed by atoms with van der Waals surface area (Å²) < 4.78 is 4.95. The minimum atomic E-state index is -0.447. The van der Waals surface area contributed by atoms with Crippen LogP contribution in [0.25, 0.3) is 0 Å². The summed E-state index contributed by atoms with van der Waals surface area (Å²) in [6, 6.07) is 2.04. The van der Waals surface area contributed by atoms with Crippen molar-refractivity contribution in [3.05, 3.63) is 11.1 Å². The number of rotatable bonds is 4. The van der Waals surface area contributed by atoms with Gasteiger partial charge in [-0.05, 0) is 37.7 Å². The van der Waals surface area contributed by atoms with Crippen LogP contribution in [-0.2, 0) is 9.53 Å². The zero-order valence-corrected chi connectivity index (χ0v) is 10.8. The molecule has 0 amide bonds. The van der Waals surface area contributed by atoms with Crippen molar-refractivity contribution in [2.75, 3.05) is 6.61 Å². The SMILES string of the molecule is CCOC(=O)/C(C#N)=C(/CC)C1CCCCC1. The number of nitrogens with zero attached hydrogens (tertiary/aromatic N) is 1. The zero-order valence-electron chi connectivity index (χ0n) is 10.8. The first-order chi connectivity index (χ1) is 8.24. The number of esters is 1. The van der Waals surface area contributed by atoms with Crippen molar-refractivity contribution < 1.29 is 9.53 Å². The van der Waals surface area contributed by atoms with E-state index in [1.165, 1.54) is 19.3 Å². The maximum absolute atomic E-state index is 11.7. The molecule has 0 heterocycles. The molecular weight excluding hydrogens is 214 g/mol. The molecule has 1 saturated carbocycles. The highest BCUT2D eigenvalue weighted by molar-refractivity contribution is 5.93. The summed E-state index contributed by atoms with van der Waals surface area (Å²) in [4.78, 5) is 11.7. The highest BCUT2D eigenvalue weighted by atomic mass is 16.5. The first kappa shape index (κ1) is 13.8. The molecule has 0 unspecified atom stereocenters. The van der Waals surface area contributed by atoms with Crippen LogP contribution in [0.5, 0.6) is 0 Å². The van der Waals surface area contributed by atoms with Gasteiger partial charge in [-0.2, -0.15) is 5.26 Å². The third kappa shape index (κ3) is 3.59. The zero-order chi connectivity index (χ0) is 12.7. The van der Waals surface area contributed by atoms with Gasteiger partial charge < -0.3 is 4.74 Å². The molecule has 3 nitrogen and oxygen atoms in total. The van der Waals surface area contributed by atoms with E-state index in [-0.39, 0.29) is 5.57 Å². The van der Waals surface area contributed by atoms with Crippen LogP contribution in [0.2, 0.25) is 0 Å². The van der Waals surface area contributed by atoms with E-state index in [0.29, 0.717) is 12.5 Å². The highest BCUT2D eigenvalue weighted by Crippen LogP contribution is 2.33. The van der Waals surface area contributed by atoms with Gasteiger partial charge in [0.2, 0.25) is 0 Å². The first-order valence-electron chi connectivity index (χ1n) is 6.54. The fourth-order valence-electron chi connectivity index (χ4n) is 2.57. The maximum atomic E-state index is 11.7. The van der Waals surface area contributed by atoms with Crippen molar-refractivity contribution in [3.63, 3.8) is 0 Å².